The van der Waals surface area contributed by atoms with Crippen molar-refractivity contribution in [3.05, 3.63) is 10.1 Å². The summed E-state index contributed by atoms with van der Waals surface area (Å²) < 4.78 is 0. The molecule has 0 heterocycles. The first-order chi connectivity index (χ1) is 8.06. The number of carbonyl (C=O) groups excluding carboxylic acids is 2. The van der Waals surface area contributed by atoms with E-state index in [2.05, 4.69) is 10.2 Å². The lowest BCUT2D eigenvalue weighted by Crippen LogP contribution is -2.28. The van der Waals surface area contributed by atoms with Gasteiger partial charge in [0.25, 0.3) is 5.09 Å². The summed E-state index contributed by atoms with van der Waals surface area (Å²) in [6.07, 6.45) is 1.27. The summed E-state index contributed by atoms with van der Waals surface area (Å²) in [6.45, 7) is 1.85. The zero-order chi connectivity index (χ0) is 13.1. The van der Waals surface area contributed by atoms with Crippen molar-refractivity contribution < 1.29 is 19.5 Å². The fourth-order valence-corrected chi connectivity index (χ4v) is 1.50. The zero-order valence-electron chi connectivity index (χ0n) is 9.64. The van der Waals surface area contributed by atoms with Gasteiger partial charge in [0.1, 0.15) is 0 Å². The van der Waals surface area contributed by atoms with E-state index >= 15 is 0 Å². The van der Waals surface area contributed by atoms with Crippen LogP contribution in [0.3, 0.4) is 0 Å². The van der Waals surface area contributed by atoms with Crippen molar-refractivity contribution in [3.8, 4) is 0 Å². The van der Waals surface area contributed by atoms with Crippen LogP contribution in [0.2, 0.25) is 0 Å². The highest BCUT2D eigenvalue weighted by Gasteiger charge is 2.06. The maximum atomic E-state index is 11.2. The van der Waals surface area contributed by atoms with E-state index in [0.29, 0.717) is 0 Å². The molecule has 1 amide bonds. The average Bonchev–Trinajstić information content (AvgIpc) is 2.29. The molecule has 0 atom stereocenters. The smallest absolute Gasteiger partial charge is 0.294 e. The van der Waals surface area contributed by atoms with E-state index in [1.165, 1.54) is 11.8 Å². The summed E-state index contributed by atoms with van der Waals surface area (Å²) in [5, 5.41) is 11.3. The van der Waals surface area contributed by atoms with Crippen LogP contribution in [0.15, 0.2) is 0 Å². The zero-order valence-corrected chi connectivity index (χ0v) is 10.5. The Morgan fingerprint density at radius 1 is 1.47 bits per heavy atom. The van der Waals surface area contributed by atoms with Crippen molar-refractivity contribution in [1.29, 1.82) is 0 Å². The SMILES string of the molecule is CCCSC(=O)CNC(=O)CCCO[N+](=O)[O-]. The van der Waals surface area contributed by atoms with Gasteiger partial charge in [0, 0.05) is 12.2 Å². The Morgan fingerprint density at radius 3 is 2.76 bits per heavy atom. The molecular formula is C9H16N2O5S. The van der Waals surface area contributed by atoms with Crippen LogP contribution in [0.4, 0.5) is 0 Å². The highest BCUT2D eigenvalue weighted by molar-refractivity contribution is 8.13. The second-order valence-electron chi connectivity index (χ2n) is 3.16. The second-order valence-corrected chi connectivity index (χ2v) is 4.31. The number of thioether (sulfide) groups is 1. The number of nitrogens with one attached hydrogen (secondary N) is 1. The minimum atomic E-state index is -0.900. The molecule has 0 fully saturated rings. The molecule has 0 spiro atoms. The Bertz CT molecular complexity index is 272. The minimum absolute atomic E-state index is 0.000404. The molecule has 0 aromatic rings. The molecule has 0 aromatic carbocycles. The van der Waals surface area contributed by atoms with Crippen molar-refractivity contribution in [2.24, 2.45) is 0 Å². The molecule has 0 aromatic heterocycles. The third kappa shape index (κ3) is 11.0. The number of carbonyl (C=O) groups is 2. The van der Waals surface area contributed by atoms with Crippen LogP contribution in [0.1, 0.15) is 26.2 Å². The summed E-state index contributed by atoms with van der Waals surface area (Å²) in [4.78, 5) is 36.2. The molecule has 8 heteroatoms. The fraction of sp³-hybridized carbons (Fsp3) is 0.778. The fourth-order valence-electron chi connectivity index (χ4n) is 0.898. The number of hydrogen-bond acceptors (Lipinski definition) is 6. The van der Waals surface area contributed by atoms with Gasteiger partial charge in [-0.05, 0) is 12.8 Å². The van der Waals surface area contributed by atoms with Gasteiger partial charge < -0.3 is 10.2 Å². The predicted octanol–water partition coefficient (Wildman–Crippen LogP) is 0.761. The lowest BCUT2D eigenvalue weighted by Gasteiger charge is -2.03. The lowest BCUT2D eigenvalue weighted by molar-refractivity contribution is -0.757. The Morgan fingerprint density at radius 2 is 2.18 bits per heavy atom. The van der Waals surface area contributed by atoms with Crippen LogP contribution in [0, 0.1) is 10.1 Å². The summed E-state index contributed by atoms with van der Waals surface area (Å²) in [6, 6.07) is 0. The van der Waals surface area contributed by atoms with Gasteiger partial charge in [-0.3, -0.25) is 9.59 Å². The largest absolute Gasteiger partial charge is 0.348 e. The number of amides is 1. The summed E-state index contributed by atoms with van der Waals surface area (Å²) in [7, 11) is 0. The van der Waals surface area contributed by atoms with E-state index in [4.69, 9.17) is 0 Å². The molecule has 0 saturated heterocycles. The van der Waals surface area contributed by atoms with Crippen LogP contribution in [-0.4, -0.2) is 35.0 Å². The van der Waals surface area contributed by atoms with Crippen LogP contribution < -0.4 is 5.32 Å². The topological polar surface area (TPSA) is 98.5 Å². The molecule has 0 aliphatic carbocycles. The highest BCUT2D eigenvalue weighted by atomic mass is 32.2. The molecule has 98 valence electrons. The molecule has 0 radical (unpaired) electrons. The lowest BCUT2D eigenvalue weighted by atomic mass is 10.3. The molecular weight excluding hydrogens is 248 g/mol. The number of nitrogens with zero attached hydrogens (tertiary/aromatic N) is 1. The van der Waals surface area contributed by atoms with Gasteiger partial charge in [0.05, 0.1) is 13.2 Å². The molecule has 17 heavy (non-hydrogen) atoms. The number of hydrogen-bond donors (Lipinski definition) is 1. The van der Waals surface area contributed by atoms with E-state index in [-0.39, 0.29) is 37.0 Å². The van der Waals surface area contributed by atoms with Crippen LogP contribution in [0.5, 0.6) is 0 Å². The Labute approximate surface area is 103 Å². The first-order valence-corrected chi connectivity index (χ1v) is 6.24. The van der Waals surface area contributed by atoms with Crippen LogP contribution in [-0.2, 0) is 14.4 Å². The highest BCUT2D eigenvalue weighted by Crippen LogP contribution is 2.02. The van der Waals surface area contributed by atoms with Gasteiger partial charge in [-0.15, -0.1) is 10.1 Å². The maximum absolute atomic E-state index is 11.2. The average molecular weight is 264 g/mol. The normalized spacial score (nSPS) is 9.71. The summed E-state index contributed by atoms with van der Waals surface area (Å²) >= 11 is 1.18. The van der Waals surface area contributed by atoms with Crippen molar-refractivity contribution in [3.63, 3.8) is 0 Å². The van der Waals surface area contributed by atoms with E-state index in [1.807, 2.05) is 6.92 Å². The molecule has 0 rings (SSSR count). The first kappa shape index (κ1) is 15.7. The standard InChI is InChI=1S/C9H16N2O5S/c1-2-6-17-9(13)7-10-8(12)4-3-5-16-11(14)15/h2-7H2,1H3,(H,10,12). The van der Waals surface area contributed by atoms with E-state index in [1.54, 1.807) is 0 Å². The third-order valence-electron chi connectivity index (χ3n) is 1.64. The third-order valence-corrected chi connectivity index (χ3v) is 2.72. The molecule has 0 unspecified atom stereocenters. The molecule has 0 aliphatic rings. The Hall–Kier alpha value is -1.31. The summed E-state index contributed by atoms with van der Waals surface area (Å²) in [5.41, 5.74) is 0. The van der Waals surface area contributed by atoms with E-state index < -0.39 is 5.09 Å². The van der Waals surface area contributed by atoms with Gasteiger partial charge >= 0.3 is 0 Å². The van der Waals surface area contributed by atoms with Crippen molar-refractivity contribution in [2.45, 2.75) is 26.2 Å². The predicted molar refractivity (Wildman–Crippen MR) is 62.9 cm³/mol. The molecule has 0 aliphatic heterocycles. The van der Waals surface area contributed by atoms with Crippen LogP contribution >= 0.6 is 11.8 Å². The Kier molecular flexibility index (Phi) is 9.12. The summed E-state index contributed by atoms with van der Waals surface area (Å²) in [5.74, 6) is 0.438. The molecule has 1 N–H and O–H groups in total. The molecule has 7 nitrogen and oxygen atoms in total. The minimum Gasteiger partial charge on any atom is -0.348 e. The van der Waals surface area contributed by atoms with Crippen LogP contribution in [0.25, 0.3) is 0 Å². The van der Waals surface area contributed by atoms with Gasteiger partial charge in [0.15, 0.2) is 0 Å². The van der Waals surface area contributed by atoms with Gasteiger partial charge in [-0.25, -0.2) is 0 Å². The van der Waals surface area contributed by atoms with Crippen molar-refractivity contribution in [2.75, 3.05) is 18.9 Å². The van der Waals surface area contributed by atoms with Gasteiger partial charge in [-0.1, -0.05) is 18.7 Å². The molecule has 0 saturated carbocycles. The van der Waals surface area contributed by atoms with E-state index in [9.17, 15) is 19.7 Å². The molecule has 0 bridgehead atoms. The van der Waals surface area contributed by atoms with E-state index in [0.717, 1.165) is 12.2 Å². The van der Waals surface area contributed by atoms with Crippen molar-refractivity contribution in [1.82, 2.24) is 5.32 Å². The Balaban J connectivity index is 3.46. The van der Waals surface area contributed by atoms with Crippen molar-refractivity contribution >= 4 is 22.8 Å². The number of rotatable bonds is 9. The van der Waals surface area contributed by atoms with Gasteiger partial charge in [0.2, 0.25) is 11.0 Å². The quantitative estimate of drug-likeness (QED) is 0.375. The first-order valence-electron chi connectivity index (χ1n) is 5.26. The maximum Gasteiger partial charge on any atom is 0.294 e. The van der Waals surface area contributed by atoms with Gasteiger partial charge in [-0.2, -0.15) is 0 Å². The monoisotopic (exact) mass is 264 g/mol. The second kappa shape index (κ2) is 9.88.